The van der Waals surface area contributed by atoms with Gasteiger partial charge in [-0.25, -0.2) is 0 Å². The Balaban J connectivity index is 1.29. The van der Waals surface area contributed by atoms with Crippen molar-refractivity contribution in [1.29, 1.82) is 0 Å². The second-order valence-electron chi connectivity index (χ2n) is 8.19. The van der Waals surface area contributed by atoms with Crippen LogP contribution in [0.3, 0.4) is 0 Å². The summed E-state index contributed by atoms with van der Waals surface area (Å²) in [6, 6.07) is 14.5. The van der Waals surface area contributed by atoms with Crippen LogP contribution >= 0.6 is 0 Å². The maximum atomic E-state index is 12.4. The van der Waals surface area contributed by atoms with E-state index < -0.39 is 0 Å². The summed E-state index contributed by atoms with van der Waals surface area (Å²) in [5, 5.41) is 8.76. The average Bonchev–Trinajstić information content (AvgIpc) is 3.47. The van der Waals surface area contributed by atoms with E-state index in [1.807, 2.05) is 24.3 Å². The molecule has 6 heteroatoms. The highest BCUT2D eigenvalue weighted by molar-refractivity contribution is 5.97. The molecule has 156 valence electrons. The number of rotatable bonds is 7. The molecule has 3 amide bonds. The highest BCUT2D eigenvalue weighted by Gasteiger charge is 2.29. The van der Waals surface area contributed by atoms with Gasteiger partial charge >= 0.3 is 0 Å². The van der Waals surface area contributed by atoms with Crippen molar-refractivity contribution in [2.45, 2.75) is 45.1 Å². The molecule has 4 rings (SSSR count). The molecule has 0 aliphatic heterocycles. The number of anilines is 2. The maximum Gasteiger partial charge on any atom is 0.251 e. The predicted molar refractivity (Wildman–Crippen MR) is 116 cm³/mol. The van der Waals surface area contributed by atoms with Gasteiger partial charge in [0.15, 0.2) is 0 Å². The fourth-order valence-electron chi connectivity index (χ4n) is 3.77. The van der Waals surface area contributed by atoms with Crippen LogP contribution in [0, 0.1) is 11.8 Å². The zero-order valence-electron chi connectivity index (χ0n) is 16.9. The molecule has 0 unspecified atom stereocenters. The molecule has 0 heterocycles. The smallest absolute Gasteiger partial charge is 0.251 e. The molecular weight excluding hydrogens is 378 g/mol. The lowest BCUT2D eigenvalue weighted by Crippen LogP contribution is -2.23. The second kappa shape index (κ2) is 9.11. The summed E-state index contributed by atoms with van der Waals surface area (Å²) in [7, 11) is 0. The topological polar surface area (TPSA) is 87.3 Å². The van der Waals surface area contributed by atoms with Gasteiger partial charge in [0.2, 0.25) is 11.8 Å². The van der Waals surface area contributed by atoms with Crippen molar-refractivity contribution in [1.82, 2.24) is 5.32 Å². The van der Waals surface area contributed by atoms with E-state index in [0.717, 1.165) is 49.8 Å². The number of carbonyl (C=O) groups is 3. The van der Waals surface area contributed by atoms with Gasteiger partial charge in [-0.15, -0.1) is 0 Å². The summed E-state index contributed by atoms with van der Waals surface area (Å²) in [6.45, 7) is 0.367. The molecule has 0 spiro atoms. The van der Waals surface area contributed by atoms with Crippen LogP contribution in [-0.4, -0.2) is 17.7 Å². The van der Waals surface area contributed by atoms with Crippen LogP contribution in [0.2, 0.25) is 0 Å². The molecule has 0 aromatic heterocycles. The first-order chi connectivity index (χ1) is 14.6. The third-order valence-electron chi connectivity index (χ3n) is 5.74. The Kier molecular flexibility index (Phi) is 6.12. The van der Waals surface area contributed by atoms with Crippen LogP contribution < -0.4 is 16.0 Å². The second-order valence-corrected chi connectivity index (χ2v) is 8.19. The van der Waals surface area contributed by atoms with Crippen LogP contribution in [0.15, 0.2) is 48.5 Å². The van der Waals surface area contributed by atoms with E-state index in [9.17, 15) is 14.4 Å². The first-order valence-corrected chi connectivity index (χ1v) is 10.7. The highest BCUT2D eigenvalue weighted by Crippen LogP contribution is 2.30. The molecule has 30 heavy (non-hydrogen) atoms. The van der Waals surface area contributed by atoms with Gasteiger partial charge in [0.25, 0.3) is 5.91 Å². The molecule has 0 saturated heterocycles. The molecule has 0 bridgehead atoms. The number of nitrogens with one attached hydrogen (secondary N) is 3. The number of benzene rings is 2. The van der Waals surface area contributed by atoms with Gasteiger partial charge < -0.3 is 16.0 Å². The van der Waals surface area contributed by atoms with Crippen LogP contribution in [0.4, 0.5) is 11.4 Å². The van der Waals surface area contributed by atoms with Crippen molar-refractivity contribution < 1.29 is 14.4 Å². The third-order valence-corrected chi connectivity index (χ3v) is 5.74. The van der Waals surface area contributed by atoms with Crippen LogP contribution in [0.5, 0.6) is 0 Å². The highest BCUT2D eigenvalue weighted by atomic mass is 16.2. The van der Waals surface area contributed by atoms with Gasteiger partial charge in [-0.3, -0.25) is 14.4 Å². The van der Waals surface area contributed by atoms with E-state index in [0.29, 0.717) is 17.8 Å². The van der Waals surface area contributed by atoms with E-state index in [2.05, 4.69) is 16.0 Å². The van der Waals surface area contributed by atoms with Gasteiger partial charge in [-0.05, 0) is 67.6 Å². The van der Waals surface area contributed by atoms with E-state index in [-0.39, 0.29) is 29.6 Å². The largest absolute Gasteiger partial charge is 0.348 e. The minimum Gasteiger partial charge on any atom is -0.348 e. The molecule has 2 saturated carbocycles. The van der Waals surface area contributed by atoms with Crippen molar-refractivity contribution >= 4 is 29.1 Å². The Morgan fingerprint density at radius 1 is 0.767 bits per heavy atom. The first kappa shape index (κ1) is 20.1. The Labute approximate surface area is 176 Å². The Bertz CT molecular complexity index is 929. The standard InChI is InChI=1S/C24H27N3O3/c28-22(18-10-12-20(13-11-18)26-24(30)19-8-9-19)25-15-16-4-3-7-21(14-16)27-23(29)17-5-1-2-6-17/h3-4,7,10-14,17,19H,1-2,5-6,8-9,15H2,(H,25,28)(H,26,30)(H,27,29). The Morgan fingerprint density at radius 3 is 2.07 bits per heavy atom. The minimum absolute atomic E-state index is 0.0482. The monoisotopic (exact) mass is 405 g/mol. The van der Waals surface area contributed by atoms with E-state index in [4.69, 9.17) is 0 Å². The van der Waals surface area contributed by atoms with Gasteiger partial charge in [-0.1, -0.05) is 25.0 Å². The number of hydrogen-bond donors (Lipinski definition) is 3. The quantitative estimate of drug-likeness (QED) is 0.648. The van der Waals surface area contributed by atoms with Crippen molar-refractivity contribution in [3.63, 3.8) is 0 Å². The van der Waals surface area contributed by atoms with E-state index in [1.165, 1.54) is 0 Å². The normalized spacial score (nSPS) is 16.1. The summed E-state index contributed by atoms with van der Waals surface area (Å²) in [5.41, 5.74) is 2.91. The van der Waals surface area contributed by atoms with Gasteiger partial charge in [0.05, 0.1) is 0 Å². The lowest BCUT2D eigenvalue weighted by Gasteiger charge is -2.12. The average molecular weight is 405 g/mol. The molecule has 2 fully saturated rings. The number of amides is 3. The number of hydrogen-bond acceptors (Lipinski definition) is 3. The fraction of sp³-hybridized carbons (Fsp3) is 0.375. The van der Waals surface area contributed by atoms with Crippen LogP contribution in [0.1, 0.15) is 54.4 Å². The summed E-state index contributed by atoms with van der Waals surface area (Å²) in [4.78, 5) is 36.5. The first-order valence-electron chi connectivity index (χ1n) is 10.7. The summed E-state index contributed by atoms with van der Waals surface area (Å²) < 4.78 is 0. The molecule has 6 nitrogen and oxygen atoms in total. The molecule has 2 aliphatic rings. The molecule has 0 atom stereocenters. The SMILES string of the molecule is O=C(NCc1cccc(NC(=O)C2CCCC2)c1)c1ccc(NC(=O)C2CC2)cc1. The zero-order valence-corrected chi connectivity index (χ0v) is 16.9. The summed E-state index contributed by atoms with van der Waals surface area (Å²) in [6.07, 6.45) is 6.08. The van der Waals surface area contributed by atoms with E-state index in [1.54, 1.807) is 24.3 Å². The van der Waals surface area contributed by atoms with Crippen LogP contribution in [-0.2, 0) is 16.1 Å². The maximum absolute atomic E-state index is 12.4. The van der Waals surface area contributed by atoms with Gasteiger partial charge in [-0.2, -0.15) is 0 Å². The van der Waals surface area contributed by atoms with Gasteiger partial charge in [0.1, 0.15) is 0 Å². The van der Waals surface area contributed by atoms with Crippen molar-refractivity contribution in [3.05, 3.63) is 59.7 Å². The Morgan fingerprint density at radius 2 is 1.40 bits per heavy atom. The third kappa shape index (κ3) is 5.26. The molecule has 2 aromatic rings. The van der Waals surface area contributed by atoms with E-state index >= 15 is 0 Å². The lowest BCUT2D eigenvalue weighted by atomic mass is 10.1. The molecule has 0 radical (unpaired) electrons. The summed E-state index contributed by atoms with van der Waals surface area (Å²) >= 11 is 0. The zero-order chi connectivity index (χ0) is 20.9. The molecule has 2 aromatic carbocycles. The van der Waals surface area contributed by atoms with Crippen molar-refractivity contribution in [2.24, 2.45) is 11.8 Å². The fourth-order valence-corrected chi connectivity index (χ4v) is 3.77. The number of carbonyl (C=O) groups excluding carboxylic acids is 3. The minimum atomic E-state index is -0.185. The van der Waals surface area contributed by atoms with Gasteiger partial charge in [0, 0.05) is 35.3 Å². The predicted octanol–water partition coefficient (Wildman–Crippen LogP) is 4.09. The van der Waals surface area contributed by atoms with Crippen LogP contribution in [0.25, 0.3) is 0 Å². The Hall–Kier alpha value is -3.15. The van der Waals surface area contributed by atoms with Crippen molar-refractivity contribution in [3.8, 4) is 0 Å². The molecule has 3 N–H and O–H groups in total. The molecular formula is C24H27N3O3. The lowest BCUT2D eigenvalue weighted by molar-refractivity contribution is -0.119. The summed E-state index contributed by atoms with van der Waals surface area (Å²) in [5.74, 6) is 0.210. The van der Waals surface area contributed by atoms with Crippen molar-refractivity contribution in [2.75, 3.05) is 10.6 Å². The molecule has 2 aliphatic carbocycles.